The summed E-state index contributed by atoms with van der Waals surface area (Å²) in [6.07, 6.45) is 5.27. The molecule has 0 saturated carbocycles. The molecule has 3 nitrogen and oxygen atoms in total. The summed E-state index contributed by atoms with van der Waals surface area (Å²) >= 11 is 1.61. The molecule has 0 aliphatic heterocycles. The van der Waals surface area contributed by atoms with Crippen LogP contribution < -0.4 is 0 Å². The zero-order valence-electron chi connectivity index (χ0n) is 9.56. The first-order chi connectivity index (χ1) is 8.29. The summed E-state index contributed by atoms with van der Waals surface area (Å²) in [6.45, 7) is 3.69. The fourth-order valence-corrected chi connectivity index (χ4v) is 2.34. The standard InChI is InChI=1S/C13H15NO2S/c1-2-3-4-5-8-17-13-14-11-7-6-10(15)9-12(11)16-13/h2,6-7,9,15H,1,3-5,8H2. The fourth-order valence-electron chi connectivity index (χ4n) is 1.50. The molecule has 0 spiro atoms. The van der Waals surface area contributed by atoms with Crippen molar-refractivity contribution >= 4 is 22.9 Å². The third kappa shape index (κ3) is 3.27. The number of phenolic OH excluding ortho intramolecular Hbond substituents is 1. The van der Waals surface area contributed by atoms with Gasteiger partial charge in [0.05, 0.1) is 0 Å². The van der Waals surface area contributed by atoms with Crippen molar-refractivity contribution in [2.45, 2.75) is 24.5 Å². The van der Waals surface area contributed by atoms with Gasteiger partial charge in [0.2, 0.25) is 0 Å². The maximum Gasteiger partial charge on any atom is 0.256 e. The molecule has 0 fully saturated rings. The maximum atomic E-state index is 9.31. The lowest BCUT2D eigenvalue weighted by atomic mass is 10.2. The van der Waals surface area contributed by atoms with Crippen LogP contribution in [0.15, 0.2) is 40.5 Å². The Balaban J connectivity index is 1.93. The SMILES string of the molecule is C=CCCCCSc1nc2ccc(O)cc2o1. The molecule has 0 atom stereocenters. The first-order valence-corrected chi connectivity index (χ1v) is 6.61. The van der Waals surface area contributed by atoms with Gasteiger partial charge in [-0.1, -0.05) is 17.8 Å². The van der Waals surface area contributed by atoms with E-state index in [1.165, 1.54) is 0 Å². The average Bonchev–Trinajstić information content (AvgIpc) is 2.70. The predicted octanol–water partition coefficient (Wildman–Crippen LogP) is 3.98. The predicted molar refractivity (Wildman–Crippen MR) is 70.4 cm³/mol. The van der Waals surface area contributed by atoms with Gasteiger partial charge in [0, 0.05) is 11.8 Å². The van der Waals surface area contributed by atoms with Gasteiger partial charge in [0.25, 0.3) is 5.22 Å². The molecule has 4 heteroatoms. The summed E-state index contributed by atoms with van der Waals surface area (Å²) < 4.78 is 5.53. The Bertz CT molecular complexity index is 507. The highest BCUT2D eigenvalue weighted by atomic mass is 32.2. The first-order valence-electron chi connectivity index (χ1n) is 5.63. The second-order valence-electron chi connectivity index (χ2n) is 3.76. The van der Waals surface area contributed by atoms with Crippen LogP contribution in [0.2, 0.25) is 0 Å². The van der Waals surface area contributed by atoms with E-state index in [9.17, 15) is 5.11 Å². The molecule has 0 radical (unpaired) electrons. The van der Waals surface area contributed by atoms with Gasteiger partial charge in [-0.15, -0.1) is 6.58 Å². The lowest BCUT2D eigenvalue weighted by Crippen LogP contribution is -1.79. The molecule has 1 N–H and O–H groups in total. The normalized spacial score (nSPS) is 10.8. The molecule has 0 bridgehead atoms. The lowest BCUT2D eigenvalue weighted by molar-refractivity contribution is 0.467. The number of nitrogens with zero attached hydrogens (tertiary/aromatic N) is 1. The molecule has 0 aliphatic carbocycles. The van der Waals surface area contributed by atoms with Crippen LogP contribution in [0.25, 0.3) is 11.1 Å². The third-order valence-corrected chi connectivity index (χ3v) is 3.29. The number of hydrogen-bond donors (Lipinski definition) is 1. The summed E-state index contributed by atoms with van der Waals surface area (Å²) in [5.74, 6) is 1.20. The van der Waals surface area contributed by atoms with E-state index >= 15 is 0 Å². The van der Waals surface area contributed by atoms with Crippen LogP contribution in [0.3, 0.4) is 0 Å². The van der Waals surface area contributed by atoms with Crippen LogP contribution in [-0.2, 0) is 0 Å². The number of aromatic hydroxyl groups is 1. The number of oxazole rings is 1. The van der Waals surface area contributed by atoms with Crippen molar-refractivity contribution in [2.75, 3.05) is 5.75 Å². The second kappa shape index (κ2) is 5.77. The highest BCUT2D eigenvalue weighted by Gasteiger charge is 2.06. The van der Waals surface area contributed by atoms with Crippen molar-refractivity contribution in [3.8, 4) is 5.75 Å². The number of phenols is 1. The van der Waals surface area contributed by atoms with E-state index in [4.69, 9.17) is 4.42 Å². The van der Waals surface area contributed by atoms with Gasteiger partial charge >= 0.3 is 0 Å². The summed E-state index contributed by atoms with van der Waals surface area (Å²) in [4.78, 5) is 4.34. The van der Waals surface area contributed by atoms with Gasteiger partial charge in [0.15, 0.2) is 5.58 Å². The maximum absolute atomic E-state index is 9.31. The average molecular weight is 249 g/mol. The Hall–Kier alpha value is -1.42. The molecule has 90 valence electrons. The van der Waals surface area contributed by atoms with E-state index in [0.29, 0.717) is 10.8 Å². The zero-order valence-corrected chi connectivity index (χ0v) is 10.4. The van der Waals surface area contributed by atoms with Gasteiger partial charge < -0.3 is 9.52 Å². The van der Waals surface area contributed by atoms with E-state index in [0.717, 1.165) is 30.5 Å². The molecule has 2 aromatic rings. The van der Waals surface area contributed by atoms with E-state index in [2.05, 4.69) is 11.6 Å². The number of hydrogen-bond acceptors (Lipinski definition) is 4. The van der Waals surface area contributed by atoms with Gasteiger partial charge in [-0.2, -0.15) is 0 Å². The van der Waals surface area contributed by atoms with Crippen molar-refractivity contribution in [2.24, 2.45) is 0 Å². The van der Waals surface area contributed by atoms with Crippen molar-refractivity contribution in [3.63, 3.8) is 0 Å². The van der Waals surface area contributed by atoms with Crippen LogP contribution in [-0.4, -0.2) is 15.8 Å². The fraction of sp³-hybridized carbons (Fsp3) is 0.308. The van der Waals surface area contributed by atoms with Crippen molar-refractivity contribution in [3.05, 3.63) is 30.9 Å². The first kappa shape index (κ1) is 12.0. The summed E-state index contributed by atoms with van der Waals surface area (Å²) in [5.41, 5.74) is 1.43. The summed E-state index contributed by atoms with van der Waals surface area (Å²) in [5, 5.41) is 9.98. The quantitative estimate of drug-likeness (QED) is 0.478. The largest absolute Gasteiger partial charge is 0.508 e. The summed E-state index contributed by atoms with van der Waals surface area (Å²) in [7, 11) is 0. The molecular weight excluding hydrogens is 234 g/mol. The Morgan fingerprint density at radius 1 is 1.41 bits per heavy atom. The van der Waals surface area contributed by atoms with Gasteiger partial charge in [0.1, 0.15) is 11.3 Å². The monoisotopic (exact) mass is 249 g/mol. The van der Waals surface area contributed by atoms with Crippen LogP contribution >= 0.6 is 11.8 Å². The van der Waals surface area contributed by atoms with Crippen LogP contribution in [0.4, 0.5) is 0 Å². The molecule has 0 saturated heterocycles. The molecule has 0 aliphatic rings. The topological polar surface area (TPSA) is 46.3 Å². The number of aromatic nitrogens is 1. The van der Waals surface area contributed by atoms with Gasteiger partial charge in [-0.3, -0.25) is 0 Å². The molecule has 0 amide bonds. The van der Waals surface area contributed by atoms with Crippen molar-refractivity contribution < 1.29 is 9.52 Å². The Morgan fingerprint density at radius 3 is 3.12 bits per heavy atom. The lowest BCUT2D eigenvalue weighted by Gasteiger charge is -1.94. The highest BCUT2D eigenvalue weighted by Crippen LogP contribution is 2.26. The van der Waals surface area contributed by atoms with E-state index < -0.39 is 0 Å². The molecule has 17 heavy (non-hydrogen) atoms. The number of thioether (sulfide) groups is 1. The minimum Gasteiger partial charge on any atom is -0.508 e. The Morgan fingerprint density at radius 2 is 2.29 bits per heavy atom. The Kier molecular flexibility index (Phi) is 4.09. The number of fused-ring (bicyclic) bond motifs is 1. The molecular formula is C13H15NO2S. The number of benzene rings is 1. The Labute approximate surface area is 105 Å². The molecule has 1 aromatic heterocycles. The zero-order chi connectivity index (χ0) is 12.1. The number of allylic oxidation sites excluding steroid dienone is 1. The van der Waals surface area contributed by atoms with Crippen LogP contribution in [0, 0.1) is 0 Å². The molecule has 2 rings (SSSR count). The van der Waals surface area contributed by atoms with Crippen LogP contribution in [0.5, 0.6) is 5.75 Å². The van der Waals surface area contributed by atoms with E-state index in [1.54, 1.807) is 30.0 Å². The summed E-state index contributed by atoms with van der Waals surface area (Å²) in [6, 6.07) is 4.96. The van der Waals surface area contributed by atoms with Gasteiger partial charge in [-0.25, -0.2) is 4.98 Å². The minimum absolute atomic E-state index is 0.205. The molecule has 1 heterocycles. The number of unbranched alkanes of at least 4 members (excludes halogenated alkanes) is 2. The molecule has 0 unspecified atom stereocenters. The minimum atomic E-state index is 0.205. The molecule has 1 aromatic carbocycles. The van der Waals surface area contributed by atoms with Crippen molar-refractivity contribution in [1.29, 1.82) is 0 Å². The van der Waals surface area contributed by atoms with Gasteiger partial charge in [-0.05, 0) is 31.4 Å². The number of rotatable bonds is 6. The second-order valence-corrected chi connectivity index (χ2v) is 4.81. The van der Waals surface area contributed by atoms with Crippen molar-refractivity contribution in [1.82, 2.24) is 4.98 Å². The highest BCUT2D eigenvalue weighted by molar-refractivity contribution is 7.99. The van der Waals surface area contributed by atoms with Crippen LogP contribution in [0.1, 0.15) is 19.3 Å². The van der Waals surface area contributed by atoms with E-state index in [1.807, 2.05) is 6.08 Å². The van der Waals surface area contributed by atoms with E-state index in [-0.39, 0.29) is 5.75 Å². The third-order valence-electron chi connectivity index (χ3n) is 2.38. The smallest absolute Gasteiger partial charge is 0.256 e.